The van der Waals surface area contributed by atoms with Gasteiger partial charge in [-0.15, -0.1) is 0 Å². The van der Waals surface area contributed by atoms with Crippen LogP contribution >= 0.6 is 0 Å². The molecule has 1 aromatic rings. The highest BCUT2D eigenvalue weighted by Gasteiger charge is 2.61. The summed E-state index contributed by atoms with van der Waals surface area (Å²) in [6, 6.07) is 6.95. The minimum atomic E-state index is -0.915. The highest BCUT2D eigenvalue weighted by Crippen LogP contribution is 2.62. The molecule has 22 heavy (non-hydrogen) atoms. The average Bonchev–Trinajstić information content (AvgIpc) is 2.66. The third-order valence-electron chi connectivity index (χ3n) is 7.17. The van der Waals surface area contributed by atoms with E-state index in [4.69, 9.17) is 0 Å². The van der Waals surface area contributed by atoms with E-state index in [-0.39, 0.29) is 5.41 Å². The van der Waals surface area contributed by atoms with Crippen molar-refractivity contribution in [2.45, 2.75) is 70.5 Å². The molecule has 0 radical (unpaired) electrons. The molecule has 2 saturated carbocycles. The van der Waals surface area contributed by atoms with Gasteiger partial charge < -0.3 is 10.2 Å². The molecule has 2 nitrogen and oxygen atoms in total. The van der Waals surface area contributed by atoms with Crippen LogP contribution < -0.4 is 0 Å². The van der Waals surface area contributed by atoms with Crippen molar-refractivity contribution in [1.82, 2.24) is 0 Å². The van der Waals surface area contributed by atoms with Crippen LogP contribution in [0.3, 0.4) is 0 Å². The summed E-state index contributed by atoms with van der Waals surface area (Å²) >= 11 is 0. The van der Waals surface area contributed by atoms with E-state index in [1.54, 1.807) is 5.56 Å². The predicted molar refractivity (Wildman–Crippen MR) is 87.8 cm³/mol. The lowest BCUT2D eigenvalue weighted by atomic mass is 9.55. The number of hydrogen-bond acceptors (Lipinski definition) is 2. The normalized spacial score (nSPS) is 46.8. The van der Waals surface area contributed by atoms with Crippen LogP contribution in [0.1, 0.15) is 62.1 Å². The maximum absolute atomic E-state index is 10.7. The Morgan fingerprint density at radius 3 is 2.73 bits per heavy atom. The van der Waals surface area contributed by atoms with Crippen molar-refractivity contribution in [2.24, 2.45) is 17.3 Å². The van der Waals surface area contributed by atoms with E-state index < -0.39 is 11.7 Å². The van der Waals surface area contributed by atoms with E-state index >= 15 is 0 Å². The van der Waals surface area contributed by atoms with Crippen molar-refractivity contribution in [3.63, 3.8) is 0 Å². The quantitative estimate of drug-likeness (QED) is 0.769. The van der Waals surface area contributed by atoms with Gasteiger partial charge in [-0.1, -0.05) is 30.7 Å². The van der Waals surface area contributed by atoms with E-state index in [0.29, 0.717) is 17.8 Å². The SMILES string of the molecule is Cc1ccc2c(c1)CC[C@@H]1[C@@H]2CC[C@]2(C)[C@@H](O)[C@@](C)(O)C[C@@H]12. The smallest absolute Gasteiger partial charge is 0.0885 e. The molecule has 4 rings (SSSR count). The fourth-order valence-corrected chi connectivity index (χ4v) is 6.05. The second-order valence-electron chi connectivity index (χ2n) is 8.63. The van der Waals surface area contributed by atoms with Gasteiger partial charge in [0.25, 0.3) is 0 Å². The van der Waals surface area contributed by atoms with Crippen LogP contribution in [0, 0.1) is 24.2 Å². The van der Waals surface area contributed by atoms with Gasteiger partial charge in [0.2, 0.25) is 0 Å². The summed E-state index contributed by atoms with van der Waals surface area (Å²) < 4.78 is 0. The fourth-order valence-electron chi connectivity index (χ4n) is 6.05. The van der Waals surface area contributed by atoms with Crippen molar-refractivity contribution in [1.29, 1.82) is 0 Å². The molecule has 3 aliphatic carbocycles. The van der Waals surface area contributed by atoms with Crippen LogP contribution in [0.25, 0.3) is 0 Å². The molecule has 2 fully saturated rings. The van der Waals surface area contributed by atoms with Crippen LogP contribution in [0.5, 0.6) is 0 Å². The summed E-state index contributed by atoms with van der Waals surface area (Å²) in [4.78, 5) is 0. The monoisotopic (exact) mass is 300 g/mol. The first-order valence-corrected chi connectivity index (χ1v) is 8.83. The molecule has 0 aliphatic heterocycles. The Bertz CT molecular complexity index is 606. The van der Waals surface area contributed by atoms with Gasteiger partial charge in [0, 0.05) is 0 Å². The van der Waals surface area contributed by atoms with E-state index in [1.807, 2.05) is 6.92 Å². The zero-order valence-corrected chi connectivity index (χ0v) is 14.0. The summed E-state index contributed by atoms with van der Waals surface area (Å²) in [5, 5.41) is 21.3. The van der Waals surface area contributed by atoms with Gasteiger partial charge in [0.05, 0.1) is 11.7 Å². The lowest BCUT2D eigenvalue weighted by Gasteiger charge is -2.50. The number of fused-ring (bicyclic) bond motifs is 5. The van der Waals surface area contributed by atoms with Crippen molar-refractivity contribution in [3.8, 4) is 0 Å². The summed E-state index contributed by atoms with van der Waals surface area (Å²) in [5.74, 6) is 1.70. The van der Waals surface area contributed by atoms with Gasteiger partial charge in [-0.2, -0.15) is 0 Å². The van der Waals surface area contributed by atoms with E-state index in [0.717, 1.165) is 25.7 Å². The van der Waals surface area contributed by atoms with Crippen LogP contribution in [-0.2, 0) is 6.42 Å². The number of rotatable bonds is 0. The Morgan fingerprint density at radius 1 is 1.18 bits per heavy atom. The van der Waals surface area contributed by atoms with Gasteiger partial charge in [0.1, 0.15) is 0 Å². The number of aliphatic hydroxyl groups excluding tert-OH is 1. The molecule has 6 atom stereocenters. The molecule has 0 bridgehead atoms. The first-order valence-electron chi connectivity index (χ1n) is 8.83. The first kappa shape index (κ1) is 14.7. The zero-order chi connectivity index (χ0) is 15.7. The lowest BCUT2D eigenvalue weighted by Crippen LogP contribution is -2.46. The van der Waals surface area contributed by atoms with E-state index in [1.165, 1.54) is 17.5 Å². The predicted octanol–water partition coefficient (Wildman–Crippen LogP) is 3.57. The molecule has 0 amide bonds. The van der Waals surface area contributed by atoms with Gasteiger partial charge in [-0.3, -0.25) is 0 Å². The Balaban J connectivity index is 1.72. The minimum Gasteiger partial charge on any atom is -0.390 e. The summed E-state index contributed by atoms with van der Waals surface area (Å²) in [7, 11) is 0. The molecule has 0 heterocycles. The molecule has 120 valence electrons. The zero-order valence-electron chi connectivity index (χ0n) is 14.0. The molecule has 2 N–H and O–H groups in total. The molecule has 1 aromatic carbocycles. The lowest BCUT2D eigenvalue weighted by molar-refractivity contribution is -0.0902. The van der Waals surface area contributed by atoms with Gasteiger partial charge in [-0.25, -0.2) is 0 Å². The molecule has 0 spiro atoms. The van der Waals surface area contributed by atoms with Crippen molar-refractivity contribution < 1.29 is 10.2 Å². The minimum absolute atomic E-state index is 0.104. The molecule has 0 saturated heterocycles. The summed E-state index contributed by atoms with van der Waals surface area (Å²) in [6.45, 7) is 6.22. The molecule has 2 heteroatoms. The Hall–Kier alpha value is -0.860. The molecule has 0 unspecified atom stereocenters. The first-order chi connectivity index (χ1) is 10.3. The van der Waals surface area contributed by atoms with Crippen LogP contribution in [-0.4, -0.2) is 21.9 Å². The number of hydrogen-bond donors (Lipinski definition) is 2. The Kier molecular flexibility index (Phi) is 3.06. The highest BCUT2D eigenvalue weighted by molar-refractivity contribution is 5.38. The largest absolute Gasteiger partial charge is 0.390 e. The van der Waals surface area contributed by atoms with Crippen LogP contribution in [0.4, 0.5) is 0 Å². The molecule has 3 aliphatic rings. The number of aryl methyl sites for hydroxylation is 2. The Morgan fingerprint density at radius 2 is 1.95 bits per heavy atom. The maximum atomic E-state index is 10.7. The topological polar surface area (TPSA) is 40.5 Å². The van der Waals surface area contributed by atoms with Gasteiger partial charge >= 0.3 is 0 Å². The second kappa shape index (κ2) is 4.58. The van der Waals surface area contributed by atoms with Gasteiger partial charge in [-0.05, 0) is 80.2 Å². The summed E-state index contributed by atoms with van der Waals surface area (Å²) in [5.41, 5.74) is 3.42. The van der Waals surface area contributed by atoms with Crippen molar-refractivity contribution >= 4 is 0 Å². The van der Waals surface area contributed by atoms with E-state index in [9.17, 15) is 10.2 Å². The van der Waals surface area contributed by atoms with E-state index in [2.05, 4.69) is 32.0 Å². The Labute approximate surface area is 133 Å². The number of benzene rings is 1. The van der Waals surface area contributed by atoms with Crippen LogP contribution in [0.2, 0.25) is 0 Å². The standard InChI is InChI=1S/C20H28O2/c1-12-4-6-14-13(10-12)5-7-16-15(14)8-9-19(2)17(16)11-20(3,22)18(19)21/h4,6,10,15-18,21-22H,5,7-9,11H2,1-3H3/t15-,16-,17+,18-,19+,20+/m1/s1. The number of aliphatic hydroxyl groups is 2. The van der Waals surface area contributed by atoms with Crippen molar-refractivity contribution in [2.75, 3.05) is 0 Å². The highest BCUT2D eigenvalue weighted by atomic mass is 16.3. The fraction of sp³-hybridized carbons (Fsp3) is 0.700. The van der Waals surface area contributed by atoms with Crippen LogP contribution in [0.15, 0.2) is 18.2 Å². The average molecular weight is 300 g/mol. The van der Waals surface area contributed by atoms with Gasteiger partial charge in [0.15, 0.2) is 0 Å². The molecular formula is C20H28O2. The third-order valence-corrected chi connectivity index (χ3v) is 7.17. The molecular weight excluding hydrogens is 272 g/mol. The second-order valence-corrected chi connectivity index (χ2v) is 8.63. The third kappa shape index (κ3) is 1.86. The summed E-state index contributed by atoms with van der Waals surface area (Å²) in [6.07, 6.45) is 4.73. The maximum Gasteiger partial charge on any atom is 0.0885 e. The van der Waals surface area contributed by atoms with Crippen molar-refractivity contribution in [3.05, 3.63) is 34.9 Å². The molecule has 0 aromatic heterocycles.